The molecule has 100 valence electrons. The van der Waals surface area contributed by atoms with Crippen LogP contribution in [0.15, 0.2) is 35.9 Å². The molecule has 0 spiro atoms. The molecule has 19 heavy (non-hydrogen) atoms. The van der Waals surface area contributed by atoms with Gasteiger partial charge in [-0.2, -0.15) is 0 Å². The Balaban J connectivity index is 2.38. The summed E-state index contributed by atoms with van der Waals surface area (Å²) >= 11 is 6.28. The molecule has 0 amide bonds. The van der Waals surface area contributed by atoms with Gasteiger partial charge in [-0.15, -0.1) is 0 Å². The van der Waals surface area contributed by atoms with E-state index in [0.717, 1.165) is 36.8 Å². The second-order valence-electron chi connectivity index (χ2n) is 4.61. The van der Waals surface area contributed by atoms with Crippen molar-refractivity contribution >= 4 is 29.3 Å². The second-order valence-corrected chi connectivity index (χ2v) is 5.02. The van der Waals surface area contributed by atoms with Gasteiger partial charge in [0.25, 0.3) is 0 Å². The lowest BCUT2D eigenvalue weighted by molar-refractivity contribution is -0.131. The topological polar surface area (TPSA) is 40.5 Å². The van der Waals surface area contributed by atoms with Crippen LogP contribution in [0, 0.1) is 0 Å². The third kappa shape index (κ3) is 3.38. The smallest absolute Gasteiger partial charge is 0.328 e. The molecule has 1 aromatic carbocycles. The normalized spacial score (nSPS) is 15.7. The Morgan fingerprint density at radius 2 is 2.26 bits per heavy atom. The van der Waals surface area contributed by atoms with Crippen molar-refractivity contribution in [2.45, 2.75) is 13.3 Å². The fourth-order valence-electron chi connectivity index (χ4n) is 2.26. The van der Waals surface area contributed by atoms with E-state index >= 15 is 0 Å². The van der Waals surface area contributed by atoms with Crippen molar-refractivity contribution < 1.29 is 9.90 Å². The van der Waals surface area contributed by atoms with E-state index in [2.05, 4.69) is 17.9 Å². The van der Waals surface area contributed by atoms with E-state index in [1.807, 2.05) is 18.2 Å². The summed E-state index contributed by atoms with van der Waals surface area (Å²) < 4.78 is 0. The van der Waals surface area contributed by atoms with Crippen molar-refractivity contribution in [3.63, 3.8) is 0 Å². The highest BCUT2D eigenvalue weighted by Crippen LogP contribution is 2.32. The molecule has 0 aromatic heterocycles. The van der Waals surface area contributed by atoms with Crippen LogP contribution in [-0.4, -0.2) is 24.2 Å². The van der Waals surface area contributed by atoms with E-state index in [9.17, 15) is 4.79 Å². The third-order valence-electron chi connectivity index (χ3n) is 3.07. The summed E-state index contributed by atoms with van der Waals surface area (Å²) in [5.41, 5.74) is 3.05. The third-order valence-corrected chi connectivity index (χ3v) is 3.38. The molecule has 1 aromatic rings. The molecule has 1 N–H and O–H groups in total. The van der Waals surface area contributed by atoms with Crippen LogP contribution in [0.5, 0.6) is 0 Å². The van der Waals surface area contributed by atoms with Crippen LogP contribution < -0.4 is 4.90 Å². The van der Waals surface area contributed by atoms with Crippen molar-refractivity contribution in [2.24, 2.45) is 0 Å². The average Bonchev–Trinajstić information content (AvgIpc) is 2.36. The largest absolute Gasteiger partial charge is 0.478 e. The number of benzene rings is 1. The Morgan fingerprint density at radius 3 is 2.95 bits per heavy atom. The molecule has 0 aliphatic carbocycles. The Kier molecular flexibility index (Phi) is 4.27. The first kappa shape index (κ1) is 13.7. The van der Waals surface area contributed by atoms with E-state index in [1.165, 1.54) is 5.57 Å². The van der Waals surface area contributed by atoms with Crippen LogP contribution >= 0.6 is 11.6 Å². The summed E-state index contributed by atoms with van der Waals surface area (Å²) in [7, 11) is 0. The summed E-state index contributed by atoms with van der Waals surface area (Å²) in [6.45, 7) is 3.82. The summed E-state index contributed by atoms with van der Waals surface area (Å²) in [4.78, 5) is 12.8. The van der Waals surface area contributed by atoms with E-state index in [4.69, 9.17) is 16.7 Å². The quantitative estimate of drug-likeness (QED) is 0.678. The second kappa shape index (κ2) is 5.93. The summed E-state index contributed by atoms with van der Waals surface area (Å²) in [5.74, 6) is -0.958. The average molecular weight is 278 g/mol. The number of halogens is 1. The molecule has 0 unspecified atom stereocenters. The monoisotopic (exact) mass is 277 g/mol. The lowest BCUT2D eigenvalue weighted by Crippen LogP contribution is -2.29. The number of carbonyl (C=O) groups is 1. The SMILES string of the molecule is CC1=CCCN(c2c(Cl)cccc2/C=C/C(=O)O)C1. The molecule has 2 rings (SSSR count). The van der Waals surface area contributed by atoms with Gasteiger partial charge < -0.3 is 10.0 Å². The Morgan fingerprint density at radius 1 is 1.47 bits per heavy atom. The molecule has 1 aliphatic heterocycles. The molecule has 3 nitrogen and oxygen atoms in total. The van der Waals surface area contributed by atoms with E-state index in [-0.39, 0.29) is 0 Å². The zero-order valence-electron chi connectivity index (χ0n) is 10.8. The van der Waals surface area contributed by atoms with Gasteiger partial charge in [-0.1, -0.05) is 35.4 Å². The molecule has 1 aliphatic rings. The molecule has 0 radical (unpaired) electrons. The van der Waals surface area contributed by atoms with Gasteiger partial charge in [-0.25, -0.2) is 4.79 Å². The van der Waals surface area contributed by atoms with Crippen LogP contribution in [0.1, 0.15) is 18.9 Å². The maximum Gasteiger partial charge on any atom is 0.328 e. The van der Waals surface area contributed by atoms with Crippen molar-refractivity contribution in [1.29, 1.82) is 0 Å². The number of carboxylic acid groups (broad SMARTS) is 1. The molecule has 4 heteroatoms. The van der Waals surface area contributed by atoms with Gasteiger partial charge >= 0.3 is 5.97 Å². The Hall–Kier alpha value is -1.74. The molecule has 0 fully saturated rings. The highest BCUT2D eigenvalue weighted by atomic mass is 35.5. The number of carboxylic acids is 1. The lowest BCUT2D eigenvalue weighted by Gasteiger charge is -2.30. The van der Waals surface area contributed by atoms with Gasteiger partial charge in [0.05, 0.1) is 10.7 Å². The van der Waals surface area contributed by atoms with E-state index < -0.39 is 5.97 Å². The Labute approximate surface area is 117 Å². The highest BCUT2D eigenvalue weighted by Gasteiger charge is 2.16. The number of hydrogen-bond donors (Lipinski definition) is 1. The van der Waals surface area contributed by atoms with Crippen molar-refractivity contribution in [1.82, 2.24) is 0 Å². The number of aliphatic carboxylic acids is 1. The summed E-state index contributed by atoms with van der Waals surface area (Å²) in [5, 5.41) is 9.40. The first-order valence-corrected chi connectivity index (χ1v) is 6.56. The van der Waals surface area contributed by atoms with Gasteiger partial charge in [0.2, 0.25) is 0 Å². The summed E-state index contributed by atoms with van der Waals surface area (Å²) in [6, 6.07) is 5.55. The lowest BCUT2D eigenvalue weighted by atomic mass is 10.1. The van der Waals surface area contributed by atoms with Gasteiger partial charge in [-0.3, -0.25) is 0 Å². The predicted octanol–water partition coefficient (Wildman–Crippen LogP) is 3.59. The number of hydrogen-bond acceptors (Lipinski definition) is 2. The van der Waals surface area contributed by atoms with Crippen molar-refractivity contribution in [2.75, 3.05) is 18.0 Å². The summed E-state index contributed by atoms with van der Waals surface area (Å²) in [6.07, 6.45) is 5.94. The standard InChI is InChI=1S/C15H16ClNO2/c1-11-4-3-9-17(10-11)15-12(7-8-14(18)19)5-2-6-13(15)16/h2,4-8H,3,9-10H2,1H3,(H,18,19)/b8-7+. The van der Waals surface area contributed by atoms with Crippen LogP contribution in [0.3, 0.4) is 0 Å². The predicted molar refractivity (Wildman–Crippen MR) is 78.7 cm³/mol. The van der Waals surface area contributed by atoms with Crippen molar-refractivity contribution in [3.8, 4) is 0 Å². The number of rotatable bonds is 3. The molecule has 0 saturated heterocycles. The molecular formula is C15H16ClNO2. The fourth-order valence-corrected chi connectivity index (χ4v) is 2.56. The number of anilines is 1. The van der Waals surface area contributed by atoms with Crippen LogP contribution in [0.2, 0.25) is 5.02 Å². The number of nitrogens with zero attached hydrogens (tertiary/aromatic N) is 1. The Bertz CT molecular complexity index is 549. The first-order chi connectivity index (χ1) is 9.08. The van der Waals surface area contributed by atoms with Crippen molar-refractivity contribution in [3.05, 3.63) is 46.5 Å². The zero-order chi connectivity index (χ0) is 13.8. The number of para-hydroxylation sites is 1. The maximum absolute atomic E-state index is 10.7. The van der Waals surface area contributed by atoms with E-state index in [0.29, 0.717) is 5.02 Å². The fraction of sp³-hybridized carbons (Fsp3) is 0.267. The van der Waals surface area contributed by atoms with Gasteiger partial charge in [0.15, 0.2) is 0 Å². The minimum Gasteiger partial charge on any atom is -0.478 e. The van der Waals surface area contributed by atoms with Gasteiger partial charge in [0.1, 0.15) is 0 Å². The molecule has 0 saturated carbocycles. The first-order valence-electron chi connectivity index (χ1n) is 6.18. The molecule has 0 atom stereocenters. The van der Waals surface area contributed by atoms with Crippen LogP contribution in [-0.2, 0) is 4.79 Å². The zero-order valence-corrected chi connectivity index (χ0v) is 11.5. The molecule has 0 bridgehead atoms. The molecule has 1 heterocycles. The molecular weight excluding hydrogens is 262 g/mol. The minimum atomic E-state index is -0.958. The van der Waals surface area contributed by atoms with E-state index in [1.54, 1.807) is 6.08 Å². The van der Waals surface area contributed by atoms with Gasteiger partial charge in [0, 0.05) is 19.2 Å². The van der Waals surface area contributed by atoms with Gasteiger partial charge in [-0.05, 0) is 31.1 Å². The van der Waals surface area contributed by atoms with Crippen LogP contribution in [0.25, 0.3) is 6.08 Å². The van der Waals surface area contributed by atoms with Crippen LogP contribution in [0.4, 0.5) is 5.69 Å². The minimum absolute atomic E-state index is 0.655. The highest BCUT2D eigenvalue weighted by molar-refractivity contribution is 6.33. The maximum atomic E-state index is 10.7.